The van der Waals surface area contributed by atoms with Crippen LogP contribution in [0.25, 0.3) is 33.4 Å². The quantitative estimate of drug-likeness (QED) is 0.470. The third kappa shape index (κ3) is 2.90. The lowest BCUT2D eigenvalue weighted by atomic mass is 10.0. The molecule has 3 nitrogen and oxygen atoms in total. The number of hydrogen-bond donors (Lipinski definition) is 0. The highest BCUT2D eigenvalue weighted by Gasteiger charge is 2.31. The molecule has 0 radical (unpaired) electrons. The second-order valence-electron chi connectivity index (χ2n) is 5.78. The summed E-state index contributed by atoms with van der Waals surface area (Å²) >= 11 is 0. The van der Waals surface area contributed by atoms with Crippen molar-refractivity contribution in [3.05, 3.63) is 72.9 Å². The Balaban J connectivity index is 1.77. The van der Waals surface area contributed by atoms with Crippen LogP contribution >= 0.6 is 0 Å². The Morgan fingerprint density at radius 1 is 0.962 bits per heavy atom. The fourth-order valence-electron chi connectivity index (χ4n) is 2.98. The monoisotopic (exact) mass is 354 g/mol. The maximum Gasteiger partial charge on any atom is 0.573 e. The molecule has 0 N–H and O–H groups in total. The predicted molar refractivity (Wildman–Crippen MR) is 95.4 cm³/mol. The molecule has 0 unspecified atom stereocenters. The van der Waals surface area contributed by atoms with Crippen LogP contribution in [-0.2, 0) is 0 Å². The minimum absolute atomic E-state index is 0.264. The van der Waals surface area contributed by atoms with Gasteiger partial charge in [0.15, 0.2) is 0 Å². The highest BCUT2D eigenvalue weighted by Crippen LogP contribution is 2.29. The summed E-state index contributed by atoms with van der Waals surface area (Å²) in [7, 11) is 0. The van der Waals surface area contributed by atoms with Crippen LogP contribution in [0.2, 0.25) is 0 Å². The lowest BCUT2D eigenvalue weighted by Crippen LogP contribution is -2.17. The van der Waals surface area contributed by atoms with Gasteiger partial charge in [-0.3, -0.25) is 0 Å². The minimum atomic E-state index is -4.71. The molecule has 0 aliphatic carbocycles. The zero-order valence-electron chi connectivity index (χ0n) is 13.5. The summed E-state index contributed by atoms with van der Waals surface area (Å²) in [6.07, 6.45) is -1.16. The van der Waals surface area contributed by atoms with E-state index in [1.54, 1.807) is 29.1 Å². The fourth-order valence-corrected chi connectivity index (χ4v) is 2.98. The number of hydrogen-bond acceptors (Lipinski definition) is 2. The van der Waals surface area contributed by atoms with Crippen molar-refractivity contribution in [2.75, 3.05) is 0 Å². The molecule has 1 heterocycles. The highest BCUT2D eigenvalue weighted by molar-refractivity contribution is 6.07. The molecule has 0 aliphatic heterocycles. The molecule has 3 aromatic carbocycles. The topological polar surface area (TPSA) is 27.1 Å². The first-order valence-electron chi connectivity index (χ1n) is 7.84. The summed E-state index contributed by atoms with van der Waals surface area (Å²) in [4.78, 5) is 0. The van der Waals surface area contributed by atoms with E-state index in [-0.39, 0.29) is 5.75 Å². The standard InChI is InChI=1S/C20H13F3N2O/c1-2-13-3-9-17-14(11-13)4-10-19-18(17)12-24-25(19)15-5-7-16(8-6-15)26-20(21,22)23/h2-12H,1H2. The van der Waals surface area contributed by atoms with E-state index >= 15 is 0 Å². The van der Waals surface area contributed by atoms with Gasteiger partial charge in [-0.1, -0.05) is 30.9 Å². The minimum Gasteiger partial charge on any atom is -0.406 e. The number of ether oxygens (including phenoxy) is 1. The third-order valence-corrected chi connectivity index (χ3v) is 4.14. The van der Waals surface area contributed by atoms with Crippen LogP contribution < -0.4 is 4.74 Å². The summed E-state index contributed by atoms with van der Waals surface area (Å²) in [5, 5.41) is 7.49. The average molecular weight is 354 g/mol. The summed E-state index contributed by atoms with van der Waals surface area (Å²) in [6, 6.07) is 15.6. The Kier molecular flexibility index (Phi) is 3.68. The van der Waals surface area contributed by atoms with Gasteiger partial charge in [-0.05, 0) is 52.7 Å². The summed E-state index contributed by atoms with van der Waals surface area (Å²) in [6.45, 7) is 3.78. The van der Waals surface area contributed by atoms with Crippen LogP contribution in [-0.4, -0.2) is 16.1 Å². The number of halogens is 3. The van der Waals surface area contributed by atoms with E-state index in [4.69, 9.17) is 0 Å². The number of benzene rings is 3. The van der Waals surface area contributed by atoms with Crippen molar-refractivity contribution >= 4 is 27.8 Å². The second kappa shape index (κ2) is 5.91. The Labute approximate surface area is 146 Å². The van der Waals surface area contributed by atoms with Gasteiger partial charge < -0.3 is 4.74 Å². The number of fused-ring (bicyclic) bond motifs is 3. The van der Waals surface area contributed by atoms with E-state index < -0.39 is 6.36 Å². The molecular formula is C20H13F3N2O. The molecule has 0 saturated heterocycles. The first kappa shape index (κ1) is 16.2. The lowest BCUT2D eigenvalue weighted by Gasteiger charge is -2.10. The van der Waals surface area contributed by atoms with Crippen molar-refractivity contribution in [3.63, 3.8) is 0 Å². The van der Waals surface area contributed by atoms with Gasteiger partial charge >= 0.3 is 6.36 Å². The molecule has 4 rings (SSSR count). The Morgan fingerprint density at radius 3 is 2.42 bits per heavy atom. The Morgan fingerprint density at radius 2 is 1.73 bits per heavy atom. The molecule has 0 fully saturated rings. The summed E-state index contributed by atoms with van der Waals surface area (Å²) in [5.74, 6) is -0.264. The molecule has 0 amide bonds. The number of nitrogens with zero attached hydrogens (tertiary/aromatic N) is 2. The lowest BCUT2D eigenvalue weighted by molar-refractivity contribution is -0.274. The third-order valence-electron chi connectivity index (χ3n) is 4.14. The van der Waals surface area contributed by atoms with Crippen molar-refractivity contribution in [2.45, 2.75) is 6.36 Å². The molecule has 0 aliphatic rings. The molecule has 26 heavy (non-hydrogen) atoms. The van der Waals surface area contributed by atoms with Crippen LogP contribution in [0.4, 0.5) is 13.2 Å². The largest absolute Gasteiger partial charge is 0.573 e. The average Bonchev–Trinajstić information content (AvgIpc) is 3.05. The van der Waals surface area contributed by atoms with E-state index in [0.717, 1.165) is 27.2 Å². The SMILES string of the molecule is C=Cc1ccc2c(ccc3c2cnn3-c2ccc(OC(F)(F)F)cc2)c1. The predicted octanol–water partition coefficient (Wildman–Crippen LogP) is 5.72. The van der Waals surface area contributed by atoms with Crippen LogP contribution in [0.15, 0.2) is 67.4 Å². The molecule has 0 atom stereocenters. The van der Waals surface area contributed by atoms with Gasteiger partial charge in [0.05, 0.1) is 17.4 Å². The normalized spacial score (nSPS) is 11.8. The molecule has 0 spiro atoms. The molecular weight excluding hydrogens is 341 g/mol. The van der Waals surface area contributed by atoms with Crippen molar-refractivity contribution in [1.82, 2.24) is 9.78 Å². The van der Waals surface area contributed by atoms with Crippen LogP contribution in [0.5, 0.6) is 5.75 Å². The van der Waals surface area contributed by atoms with Crippen molar-refractivity contribution in [3.8, 4) is 11.4 Å². The van der Waals surface area contributed by atoms with Crippen molar-refractivity contribution in [1.29, 1.82) is 0 Å². The van der Waals surface area contributed by atoms with E-state index in [0.29, 0.717) is 5.69 Å². The molecule has 1 aromatic heterocycles. The van der Waals surface area contributed by atoms with Crippen LogP contribution in [0, 0.1) is 0 Å². The van der Waals surface area contributed by atoms with Gasteiger partial charge in [-0.2, -0.15) is 5.10 Å². The molecule has 0 saturated carbocycles. The molecule has 0 bridgehead atoms. The highest BCUT2D eigenvalue weighted by atomic mass is 19.4. The Bertz CT molecular complexity index is 1110. The van der Waals surface area contributed by atoms with Gasteiger partial charge in [0.1, 0.15) is 5.75 Å². The van der Waals surface area contributed by atoms with E-state index in [2.05, 4.69) is 16.4 Å². The van der Waals surface area contributed by atoms with Crippen LogP contribution in [0.1, 0.15) is 5.56 Å². The van der Waals surface area contributed by atoms with Gasteiger partial charge in [-0.25, -0.2) is 4.68 Å². The number of aromatic nitrogens is 2. The maximum atomic E-state index is 12.3. The molecule has 4 aromatic rings. The molecule has 6 heteroatoms. The van der Waals surface area contributed by atoms with Crippen molar-refractivity contribution in [2.24, 2.45) is 0 Å². The zero-order chi connectivity index (χ0) is 18.3. The van der Waals surface area contributed by atoms with Crippen molar-refractivity contribution < 1.29 is 17.9 Å². The van der Waals surface area contributed by atoms with Gasteiger partial charge in [0.2, 0.25) is 0 Å². The Hall–Kier alpha value is -3.28. The fraction of sp³-hybridized carbons (Fsp3) is 0.0500. The number of alkyl halides is 3. The summed E-state index contributed by atoms with van der Waals surface area (Å²) in [5.41, 5.74) is 2.55. The van der Waals surface area contributed by atoms with Crippen LogP contribution in [0.3, 0.4) is 0 Å². The summed E-state index contributed by atoms with van der Waals surface area (Å²) < 4.78 is 42.4. The van der Waals surface area contributed by atoms with Gasteiger partial charge in [-0.15, -0.1) is 13.2 Å². The smallest absolute Gasteiger partial charge is 0.406 e. The van der Waals surface area contributed by atoms with Gasteiger partial charge in [0.25, 0.3) is 0 Å². The molecule has 130 valence electrons. The van der Waals surface area contributed by atoms with Gasteiger partial charge in [0, 0.05) is 5.39 Å². The second-order valence-corrected chi connectivity index (χ2v) is 5.78. The van der Waals surface area contributed by atoms with E-state index in [1.807, 2.05) is 30.3 Å². The first-order valence-corrected chi connectivity index (χ1v) is 7.84. The number of rotatable bonds is 3. The first-order chi connectivity index (χ1) is 12.4. The maximum absolute atomic E-state index is 12.3. The van der Waals surface area contributed by atoms with E-state index in [1.165, 1.54) is 12.1 Å². The zero-order valence-corrected chi connectivity index (χ0v) is 13.5. The van der Waals surface area contributed by atoms with E-state index in [9.17, 15) is 13.2 Å².